The normalized spacial score (nSPS) is 15.2. The summed E-state index contributed by atoms with van der Waals surface area (Å²) >= 11 is 1.44. The molecule has 0 spiro atoms. The molecule has 1 aliphatic carbocycles. The monoisotopic (exact) mass is 398 g/mol. The van der Waals surface area contributed by atoms with Crippen molar-refractivity contribution in [3.05, 3.63) is 45.8 Å². The number of ether oxygens (including phenoxy) is 2. The second-order valence-corrected chi connectivity index (χ2v) is 8.09. The van der Waals surface area contributed by atoms with Crippen molar-refractivity contribution in [2.45, 2.75) is 33.1 Å². The molecule has 0 fully saturated rings. The van der Waals surface area contributed by atoms with E-state index >= 15 is 0 Å². The number of nitriles is 1. The Labute approximate surface area is 168 Å². The Balaban J connectivity index is 1.51. The SMILES string of the molecule is Cc1cccc(OCC(=O)OCC(=O)Nc2sc3c(c2C#N)CC[C@@H](C)C3)c1. The molecule has 0 aliphatic heterocycles. The number of nitrogens with zero attached hydrogens (tertiary/aromatic N) is 1. The van der Waals surface area contributed by atoms with Crippen molar-refractivity contribution in [3.63, 3.8) is 0 Å². The number of carbonyl (C=O) groups is 2. The van der Waals surface area contributed by atoms with Crippen LogP contribution < -0.4 is 10.1 Å². The van der Waals surface area contributed by atoms with Crippen molar-refractivity contribution in [2.24, 2.45) is 5.92 Å². The van der Waals surface area contributed by atoms with Gasteiger partial charge in [0.25, 0.3) is 5.91 Å². The lowest BCUT2D eigenvalue weighted by Crippen LogP contribution is -2.23. The molecule has 146 valence electrons. The van der Waals surface area contributed by atoms with Crippen LogP contribution in [0.4, 0.5) is 5.00 Å². The fourth-order valence-electron chi connectivity index (χ4n) is 3.15. The number of esters is 1. The molecule has 1 N–H and O–H groups in total. The lowest BCUT2D eigenvalue weighted by molar-refractivity contribution is -0.149. The zero-order valence-corrected chi connectivity index (χ0v) is 16.7. The molecule has 1 aromatic carbocycles. The molecule has 0 unspecified atom stereocenters. The van der Waals surface area contributed by atoms with Gasteiger partial charge in [-0.1, -0.05) is 19.1 Å². The molecule has 6 nitrogen and oxygen atoms in total. The summed E-state index contributed by atoms with van der Waals surface area (Å²) in [5, 5.41) is 12.7. The molecule has 0 saturated heterocycles. The number of rotatable bonds is 6. The Kier molecular flexibility index (Phi) is 6.32. The molecule has 1 atom stereocenters. The van der Waals surface area contributed by atoms with E-state index in [1.54, 1.807) is 6.07 Å². The van der Waals surface area contributed by atoms with Gasteiger partial charge in [-0.3, -0.25) is 4.79 Å². The van der Waals surface area contributed by atoms with E-state index < -0.39 is 18.5 Å². The van der Waals surface area contributed by atoms with E-state index in [1.165, 1.54) is 11.3 Å². The maximum absolute atomic E-state index is 12.1. The number of aryl methyl sites for hydroxylation is 1. The number of carbonyl (C=O) groups excluding carboxylic acids is 2. The highest BCUT2D eigenvalue weighted by Crippen LogP contribution is 2.39. The molecule has 1 aromatic heterocycles. The molecule has 7 heteroatoms. The standard InChI is InChI=1S/C21H22N2O4S/c1-13-4-3-5-15(8-13)26-12-20(25)27-11-19(24)23-21-17(10-22)16-7-6-14(2)9-18(16)28-21/h3-5,8,14H,6-7,9,11-12H2,1-2H3,(H,23,24)/t14-/m1/s1. The number of anilines is 1. The molecule has 28 heavy (non-hydrogen) atoms. The van der Waals surface area contributed by atoms with Gasteiger partial charge in [0.1, 0.15) is 16.8 Å². The van der Waals surface area contributed by atoms with Crippen LogP contribution in [0.15, 0.2) is 24.3 Å². The van der Waals surface area contributed by atoms with E-state index in [4.69, 9.17) is 9.47 Å². The summed E-state index contributed by atoms with van der Waals surface area (Å²) in [6.07, 6.45) is 2.83. The Hall–Kier alpha value is -2.85. The fourth-order valence-corrected chi connectivity index (χ4v) is 4.53. The zero-order valence-electron chi connectivity index (χ0n) is 15.9. The largest absolute Gasteiger partial charge is 0.482 e. The lowest BCUT2D eigenvalue weighted by Gasteiger charge is -2.17. The van der Waals surface area contributed by atoms with Gasteiger partial charge in [-0.05, 0) is 55.4 Å². The van der Waals surface area contributed by atoms with E-state index in [1.807, 2.05) is 25.1 Å². The van der Waals surface area contributed by atoms with Gasteiger partial charge in [-0.15, -0.1) is 11.3 Å². The highest BCUT2D eigenvalue weighted by molar-refractivity contribution is 7.16. The smallest absolute Gasteiger partial charge is 0.344 e. The fraction of sp³-hybridized carbons (Fsp3) is 0.381. The molecule has 1 amide bonds. The van der Waals surface area contributed by atoms with Crippen LogP contribution in [0, 0.1) is 24.2 Å². The van der Waals surface area contributed by atoms with Crippen molar-refractivity contribution in [1.29, 1.82) is 5.26 Å². The van der Waals surface area contributed by atoms with E-state index in [0.717, 1.165) is 35.3 Å². The number of nitrogens with one attached hydrogen (secondary N) is 1. The summed E-state index contributed by atoms with van der Waals surface area (Å²) in [5.41, 5.74) is 2.60. The summed E-state index contributed by atoms with van der Waals surface area (Å²) < 4.78 is 10.3. The molecule has 0 radical (unpaired) electrons. The third-order valence-electron chi connectivity index (χ3n) is 4.59. The predicted molar refractivity (Wildman–Crippen MR) is 106 cm³/mol. The van der Waals surface area contributed by atoms with Crippen molar-refractivity contribution in [2.75, 3.05) is 18.5 Å². The number of hydrogen-bond acceptors (Lipinski definition) is 6. The number of hydrogen-bond donors (Lipinski definition) is 1. The van der Waals surface area contributed by atoms with Crippen molar-refractivity contribution in [3.8, 4) is 11.8 Å². The van der Waals surface area contributed by atoms with Crippen LogP contribution in [-0.2, 0) is 27.2 Å². The minimum atomic E-state index is -0.628. The highest BCUT2D eigenvalue weighted by Gasteiger charge is 2.24. The van der Waals surface area contributed by atoms with Crippen LogP contribution in [-0.4, -0.2) is 25.1 Å². The third-order valence-corrected chi connectivity index (χ3v) is 5.76. The molecular formula is C21H22N2O4S. The van der Waals surface area contributed by atoms with Gasteiger partial charge in [0.15, 0.2) is 13.2 Å². The average Bonchev–Trinajstić information content (AvgIpc) is 3.00. The van der Waals surface area contributed by atoms with Crippen LogP contribution in [0.5, 0.6) is 5.75 Å². The molecule has 2 aromatic rings. The number of benzene rings is 1. The van der Waals surface area contributed by atoms with Crippen LogP contribution in [0.1, 0.15) is 34.9 Å². The number of thiophene rings is 1. The van der Waals surface area contributed by atoms with E-state index in [9.17, 15) is 14.9 Å². The van der Waals surface area contributed by atoms with Crippen LogP contribution >= 0.6 is 11.3 Å². The van der Waals surface area contributed by atoms with Gasteiger partial charge in [-0.2, -0.15) is 5.26 Å². The zero-order chi connectivity index (χ0) is 20.1. The van der Waals surface area contributed by atoms with E-state index in [-0.39, 0.29) is 6.61 Å². The first kappa shape index (κ1) is 19.9. The molecule has 1 heterocycles. The van der Waals surface area contributed by atoms with Crippen molar-refractivity contribution < 1.29 is 19.1 Å². The molecule has 0 bridgehead atoms. The topological polar surface area (TPSA) is 88.4 Å². The van der Waals surface area contributed by atoms with Crippen LogP contribution in [0.2, 0.25) is 0 Å². The highest BCUT2D eigenvalue weighted by atomic mass is 32.1. The summed E-state index contributed by atoms with van der Waals surface area (Å²) in [5.74, 6) is 0.0533. The lowest BCUT2D eigenvalue weighted by atomic mass is 9.89. The van der Waals surface area contributed by atoms with Gasteiger partial charge < -0.3 is 14.8 Å². The van der Waals surface area contributed by atoms with Gasteiger partial charge in [-0.25, -0.2) is 4.79 Å². The maximum Gasteiger partial charge on any atom is 0.344 e. The van der Waals surface area contributed by atoms with Crippen LogP contribution in [0.3, 0.4) is 0 Å². The number of fused-ring (bicyclic) bond motifs is 1. The quantitative estimate of drug-likeness (QED) is 0.751. The summed E-state index contributed by atoms with van der Waals surface area (Å²) in [6, 6.07) is 9.51. The minimum Gasteiger partial charge on any atom is -0.482 e. The first-order valence-corrected chi connectivity index (χ1v) is 9.97. The second kappa shape index (κ2) is 8.89. The Bertz CT molecular complexity index is 929. The maximum atomic E-state index is 12.1. The first-order chi connectivity index (χ1) is 13.5. The van der Waals surface area contributed by atoms with E-state index in [0.29, 0.717) is 22.2 Å². The van der Waals surface area contributed by atoms with Gasteiger partial charge in [0, 0.05) is 4.88 Å². The third kappa shape index (κ3) is 4.90. The first-order valence-electron chi connectivity index (χ1n) is 9.16. The van der Waals surface area contributed by atoms with Crippen molar-refractivity contribution in [1.82, 2.24) is 0 Å². The van der Waals surface area contributed by atoms with Gasteiger partial charge in [0.2, 0.25) is 0 Å². The van der Waals surface area contributed by atoms with E-state index in [2.05, 4.69) is 18.3 Å². The van der Waals surface area contributed by atoms with Crippen molar-refractivity contribution >= 4 is 28.2 Å². The predicted octanol–water partition coefficient (Wildman–Crippen LogP) is 3.61. The second-order valence-electron chi connectivity index (χ2n) is 6.98. The summed E-state index contributed by atoms with van der Waals surface area (Å²) in [4.78, 5) is 25.1. The van der Waals surface area contributed by atoms with Crippen LogP contribution in [0.25, 0.3) is 0 Å². The summed E-state index contributed by atoms with van der Waals surface area (Å²) in [7, 11) is 0. The number of amides is 1. The molecular weight excluding hydrogens is 376 g/mol. The van der Waals surface area contributed by atoms with Gasteiger partial charge >= 0.3 is 5.97 Å². The molecule has 0 saturated carbocycles. The minimum absolute atomic E-state index is 0.272. The average molecular weight is 398 g/mol. The Morgan fingerprint density at radius 3 is 2.93 bits per heavy atom. The Morgan fingerprint density at radius 2 is 2.18 bits per heavy atom. The Morgan fingerprint density at radius 1 is 1.36 bits per heavy atom. The molecule has 1 aliphatic rings. The molecule has 3 rings (SSSR count). The summed E-state index contributed by atoms with van der Waals surface area (Å²) in [6.45, 7) is 3.42. The van der Waals surface area contributed by atoms with Gasteiger partial charge in [0.05, 0.1) is 5.56 Å².